The zero-order chi connectivity index (χ0) is 12.8. The number of nitrogens with zero attached hydrogens (tertiary/aromatic N) is 2. The number of hydrogen-bond acceptors (Lipinski definition) is 4. The molecular formula is C11H24N4O2. The van der Waals surface area contributed by atoms with Crippen molar-refractivity contribution >= 4 is 5.96 Å². The molecule has 0 radical (unpaired) electrons. The lowest BCUT2D eigenvalue weighted by atomic mass is 10.2. The van der Waals surface area contributed by atoms with Gasteiger partial charge in [-0.25, -0.2) is 10.8 Å². The Morgan fingerprint density at radius 1 is 1.53 bits per heavy atom. The minimum Gasteiger partial charge on any atom is -0.382 e. The Hall–Kier alpha value is -0.850. The summed E-state index contributed by atoms with van der Waals surface area (Å²) in [7, 11) is 1.67. The van der Waals surface area contributed by atoms with Gasteiger partial charge < -0.3 is 14.4 Å². The Labute approximate surface area is 103 Å². The summed E-state index contributed by atoms with van der Waals surface area (Å²) in [5.41, 5.74) is 2.67. The molecule has 1 rings (SSSR count). The predicted molar refractivity (Wildman–Crippen MR) is 67.7 cm³/mol. The highest BCUT2D eigenvalue weighted by molar-refractivity contribution is 5.79. The van der Waals surface area contributed by atoms with Crippen molar-refractivity contribution in [2.45, 2.75) is 39.0 Å². The number of hydrogen-bond donors (Lipinski definition) is 2. The van der Waals surface area contributed by atoms with Crippen molar-refractivity contribution in [3.05, 3.63) is 0 Å². The van der Waals surface area contributed by atoms with E-state index in [4.69, 9.17) is 15.3 Å². The van der Waals surface area contributed by atoms with Gasteiger partial charge in [0.25, 0.3) is 0 Å². The van der Waals surface area contributed by atoms with E-state index in [1.54, 1.807) is 7.11 Å². The maximum Gasteiger partial charge on any atom is 0.208 e. The van der Waals surface area contributed by atoms with Gasteiger partial charge in [-0.05, 0) is 20.8 Å². The first kappa shape index (κ1) is 14.2. The molecule has 0 amide bonds. The Balaban J connectivity index is 2.65. The molecule has 0 bridgehead atoms. The van der Waals surface area contributed by atoms with Crippen molar-refractivity contribution in [3.63, 3.8) is 0 Å². The van der Waals surface area contributed by atoms with Crippen LogP contribution in [0.2, 0.25) is 0 Å². The molecule has 1 saturated heterocycles. The van der Waals surface area contributed by atoms with Gasteiger partial charge >= 0.3 is 0 Å². The van der Waals surface area contributed by atoms with Crippen molar-refractivity contribution in [1.29, 1.82) is 0 Å². The van der Waals surface area contributed by atoms with Crippen LogP contribution in [-0.4, -0.2) is 55.9 Å². The smallest absolute Gasteiger partial charge is 0.208 e. The maximum atomic E-state index is 5.67. The summed E-state index contributed by atoms with van der Waals surface area (Å²) in [6.07, 6.45) is 0.380. The number of hydrazine groups is 1. The molecule has 1 aliphatic rings. The van der Waals surface area contributed by atoms with Crippen LogP contribution in [0.1, 0.15) is 20.8 Å². The van der Waals surface area contributed by atoms with Gasteiger partial charge in [0.15, 0.2) is 0 Å². The zero-order valence-electron chi connectivity index (χ0n) is 11.1. The van der Waals surface area contributed by atoms with Crippen LogP contribution in [0, 0.1) is 0 Å². The number of methoxy groups -OCH3 is 1. The van der Waals surface area contributed by atoms with Gasteiger partial charge in [-0.1, -0.05) is 0 Å². The van der Waals surface area contributed by atoms with Crippen molar-refractivity contribution in [1.82, 2.24) is 10.3 Å². The lowest BCUT2D eigenvalue weighted by Crippen LogP contribution is -2.54. The molecule has 0 aromatic rings. The molecule has 1 fully saturated rings. The van der Waals surface area contributed by atoms with E-state index in [1.165, 1.54) is 0 Å². The fraction of sp³-hybridized carbons (Fsp3) is 0.909. The number of nitrogens with one attached hydrogen (secondary N) is 1. The lowest BCUT2D eigenvalue weighted by molar-refractivity contribution is -0.0490. The fourth-order valence-corrected chi connectivity index (χ4v) is 2.05. The highest BCUT2D eigenvalue weighted by atomic mass is 16.5. The molecule has 6 heteroatoms. The first-order valence-corrected chi connectivity index (χ1v) is 6.00. The molecule has 100 valence electrons. The number of nitrogens with two attached hydrogens (primary N) is 1. The average molecular weight is 244 g/mol. The summed E-state index contributed by atoms with van der Waals surface area (Å²) >= 11 is 0. The fourth-order valence-electron chi connectivity index (χ4n) is 2.05. The molecule has 17 heavy (non-hydrogen) atoms. The second-order valence-corrected chi connectivity index (χ2v) is 4.56. The number of rotatable bonds is 3. The standard InChI is InChI=1S/C11H24N4O2/c1-8(7-16-4)13-11(14-12)15-5-9(2)17-10(3)6-15/h8-10H,5-7,12H2,1-4H3,(H,13,14). The van der Waals surface area contributed by atoms with Crippen LogP contribution in [-0.2, 0) is 9.47 Å². The highest BCUT2D eigenvalue weighted by Gasteiger charge is 2.24. The first-order chi connectivity index (χ1) is 8.06. The van der Waals surface area contributed by atoms with Crippen LogP contribution < -0.4 is 11.3 Å². The Kier molecular flexibility index (Phi) is 5.67. The van der Waals surface area contributed by atoms with Crippen molar-refractivity contribution < 1.29 is 9.47 Å². The van der Waals surface area contributed by atoms with E-state index in [2.05, 4.69) is 29.2 Å². The summed E-state index contributed by atoms with van der Waals surface area (Å²) in [5.74, 6) is 6.24. The number of morpholine rings is 1. The SMILES string of the molecule is COCC(C)N=C(NN)N1CC(C)OC(C)C1. The highest BCUT2D eigenvalue weighted by Crippen LogP contribution is 2.10. The predicted octanol–water partition coefficient (Wildman–Crippen LogP) is -0.0502. The van der Waals surface area contributed by atoms with Gasteiger partial charge in [0.2, 0.25) is 5.96 Å². The number of ether oxygens (including phenoxy) is 2. The summed E-state index contributed by atoms with van der Waals surface area (Å²) in [6, 6.07) is 0.0829. The number of guanidine groups is 1. The molecule has 0 aromatic heterocycles. The molecule has 0 saturated carbocycles. The van der Waals surface area contributed by atoms with Gasteiger partial charge in [0, 0.05) is 20.2 Å². The van der Waals surface area contributed by atoms with E-state index >= 15 is 0 Å². The Bertz CT molecular complexity index is 250. The molecule has 0 aliphatic carbocycles. The van der Waals surface area contributed by atoms with Gasteiger partial charge in [0.05, 0.1) is 24.9 Å². The molecule has 3 unspecified atom stereocenters. The van der Waals surface area contributed by atoms with E-state index in [0.717, 1.165) is 13.1 Å². The normalized spacial score (nSPS) is 28.1. The Morgan fingerprint density at radius 2 is 2.12 bits per heavy atom. The largest absolute Gasteiger partial charge is 0.382 e. The third-order valence-corrected chi connectivity index (χ3v) is 2.60. The van der Waals surface area contributed by atoms with E-state index in [1.807, 2.05) is 6.92 Å². The molecule has 6 nitrogen and oxygen atoms in total. The summed E-state index contributed by atoms with van der Waals surface area (Å²) in [4.78, 5) is 6.62. The van der Waals surface area contributed by atoms with Gasteiger partial charge in [0.1, 0.15) is 0 Å². The first-order valence-electron chi connectivity index (χ1n) is 6.00. The van der Waals surface area contributed by atoms with E-state index < -0.39 is 0 Å². The summed E-state index contributed by atoms with van der Waals surface area (Å²) < 4.78 is 10.7. The van der Waals surface area contributed by atoms with E-state index in [-0.39, 0.29) is 18.2 Å². The molecule has 3 N–H and O–H groups in total. The van der Waals surface area contributed by atoms with E-state index in [0.29, 0.717) is 12.6 Å². The van der Waals surface area contributed by atoms with Gasteiger partial charge in [-0.2, -0.15) is 0 Å². The minimum atomic E-state index is 0.0829. The van der Waals surface area contributed by atoms with Crippen LogP contribution >= 0.6 is 0 Å². The third kappa shape index (κ3) is 4.49. The maximum absolute atomic E-state index is 5.67. The van der Waals surface area contributed by atoms with Crippen molar-refractivity contribution in [2.24, 2.45) is 10.8 Å². The molecule has 0 spiro atoms. The van der Waals surface area contributed by atoms with Crippen LogP contribution in [0.15, 0.2) is 4.99 Å². The molecule has 1 heterocycles. The second kappa shape index (κ2) is 6.78. The Morgan fingerprint density at radius 3 is 2.59 bits per heavy atom. The molecular weight excluding hydrogens is 220 g/mol. The zero-order valence-corrected chi connectivity index (χ0v) is 11.1. The second-order valence-electron chi connectivity index (χ2n) is 4.56. The quantitative estimate of drug-likeness (QED) is 0.315. The molecule has 1 aliphatic heterocycles. The summed E-state index contributed by atoms with van der Waals surface area (Å²) in [6.45, 7) is 8.28. The molecule has 0 aromatic carbocycles. The topological polar surface area (TPSA) is 72.1 Å². The van der Waals surface area contributed by atoms with Crippen LogP contribution in [0.3, 0.4) is 0 Å². The van der Waals surface area contributed by atoms with Crippen molar-refractivity contribution in [3.8, 4) is 0 Å². The number of aliphatic imine (C=N–C) groups is 1. The van der Waals surface area contributed by atoms with E-state index in [9.17, 15) is 0 Å². The van der Waals surface area contributed by atoms with Gasteiger partial charge in [-0.15, -0.1) is 0 Å². The van der Waals surface area contributed by atoms with Crippen LogP contribution in [0.5, 0.6) is 0 Å². The van der Waals surface area contributed by atoms with Gasteiger partial charge in [-0.3, -0.25) is 5.43 Å². The van der Waals surface area contributed by atoms with Crippen molar-refractivity contribution in [2.75, 3.05) is 26.8 Å². The van der Waals surface area contributed by atoms with Crippen LogP contribution in [0.4, 0.5) is 0 Å². The minimum absolute atomic E-state index is 0.0829. The summed E-state index contributed by atoms with van der Waals surface area (Å²) in [5, 5.41) is 0. The third-order valence-electron chi connectivity index (χ3n) is 2.60. The lowest BCUT2D eigenvalue weighted by Gasteiger charge is -2.37. The average Bonchev–Trinajstić information content (AvgIpc) is 2.24. The van der Waals surface area contributed by atoms with Crippen LogP contribution in [0.25, 0.3) is 0 Å². The molecule has 3 atom stereocenters. The monoisotopic (exact) mass is 244 g/mol.